The molecule has 30 heavy (non-hydrogen) atoms. The number of amides is 1. The van der Waals surface area contributed by atoms with Crippen LogP contribution in [0, 0.1) is 6.92 Å². The van der Waals surface area contributed by atoms with Gasteiger partial charge in [-0.2, -0.15) is 19.0 Å². The Morgan fingerprint density at radius 1 is 1.30 bits per heavy atom. The molecule has 4 rings (SSSR count). The molecule has 0 aliphatic carbocycles. The van der Waals surface area contributed by atoms with Crippen LogP contribution in [0.1, 0.15) is 19.7 Å². The molecule has 0 unspecified atom stereocenters. The van der Waals surface area contributed by atoms with Gasteiger partial charge in [0.2, 0.25) is 0 Å². The minimum absolute atomic E-state index is 0.0593. The third-order valence-electron chi connectivity index (χ3n) is 4.48. The number of fused-ring (bicyclic) bond motifs is 2. The van der Waals surface area contributed by atoms with E-state index in [1.165, 1.54) is 0 Å². The average Bonchev–Trinajstić information content (AvgIpc) is 3.26. The van der Waals surface area contributed by atoms with E-state index in [0.29, 0.717) is 18.5 Å². The SMILES string of the molecule is Cc1nc2ccc(-n3ncc4cc(OC[C@H](C)NC(=O)C(C)(F)F)ccc43)cn2n1. The lowest BCUT2D eigenvalue weighted by atomic mass is 10.2. The lowest BCUT2D eigenvalue weighted by Crippen LogP contribution is -2.44. The van der Waals surface area contributed by atoms with Crippen molar-refractivity contribution in [3.05, 3.63) is 48.5 Å². The van der Waals surface area contributed by atoms with E-state index in [1.807, 2.05) is 31.3 Å². The summed E-state index contributed by atoms with van der Waals surface area (Å²) >= 11 is 0. The van der Waals surface area contributed by atoms with E-state index in [1.54, 1.807) is 34.5 Å². The van der Waals surface area contributed by atoms with E-state index in [9.17, 15) is 13.6 Å². The number of aryl methyl sites for hydroxylation is 1. The molecular formula is C20H20F2N6O2. The highest BCUT2D eigenvalue weighted by Crippen LogP contribution is 2.23. The van der Waals surface area contributed by atoms with Crippen molar-refractivity contribution in [3.63, 3.8) is 0 Å². The summed E-state index contributed by atoms with van der Waals surface area (Å²) in [5.74, 6) is -3.51. The molecule has 0 bridgehead atoms. The van der Waals surface area contributed by atoms with Crippen molar-refractivity contribution in [2.45, 2.75) is 32.7 Å². The Kier molecular flexibility index (Phi) is 4.84. The molecule has 10 heteroatoms. The molecule has 156 valence electrons. The van der Waals surface area contributed by atoms with Crippen molar-refractivity contribution in [1.82, 2.24) is 29.7 Å². The maximum absolute atomic E-state index is 13.0. The number of hydrogen-bond acceptors (Lipinski definition) is 5. The third-order valence-corrected chi connectivity index (χ3v) is 4.48. The Hall–Kier alpha value is -3.56. The zero-order valence-electron chi connectivity index (χ0n) is 16.6. The first-order chi connectivity index (χ1) is 14.2. The fourth-order valence-corrected chi connectivity index (χ4v) is 3.03. The molecule has 0 fully saturated rings. The molecule has 8 nitrogen and oxygen atoms in total. The maximum atomic E-state index is 13.0. The Morgan fingerprint density at radius 3 is 2.87 bits per heavy atom. The monoisotopic (exact) mass is 414 g/mol. The molecule has 0 radical (unpaired) electrons. The lowest BCUT2D eigenvalue weighted by molar-refractivity contribution is -0.143. The number of rotatable bonds is 6. The minimum Gasteiger partial charge on any atom is -0.491 e. The van der Waals surface area contributed by atoms with Crippen LogP contribution >= 0.6 is 0 Å². The van der Waals surface area contributed by atoms with Gasteiger partial charge in [0.05, 0.1) is 29.6 Å². The van der Waals surface area contributed by atoms with Crippen LogP contribution in [0.25, 0.3) is 22.2 Å². The average molecular weight is 414 g/mol. The van der Waals surface area contributed by atoms with E-state index in [2.05, 4.69) is 20.5 Å². The molecule has 0 saturated carbocycles. The maximum Gasteiger partial charge on any atom is 0.321 e. The number of alkyl halides is 2. The van der Waals surface area contributed by atoms with Crippen molar-refractivity contribution in [2.75, 3.05) is 6.61 Å². The highest BCUT2D eigenvalue weighted by molar-refractivity contribution is 5.83. The number of ether oxygens (including phenoxy) is 1. The molecule has 4 aromatic rings. The minimum atomic E-state index is -3.42. The number of carbonyl (C=O) groups excluding carboxylic acids is 1. The van der Waals surface area contributed by atoms with Crippen LogP contribution in [-0.2, 0) is 4.79 Å². The number of pyridine rings is 1. The number of halogens is 2. The summed E-state index contributed by atoms with van der Waals surface area (Å²) in [4.78, 5) is 15.7. The summed E-state index contributed by atoms with van der Waals surface area (Å²) < 4.78 is 35.1. The first-order valence-electron chi connectivity index (χ1n) is 9.33. The third kappa shape index (κ3) is 3.93. The van der Waals surface area contributed by atoms with Crippen LogP contribution in [0.4, 0.5) is 8.78 Å². The molecule has 3 aromatic heterocycles. The standard InChI is InChI=1S/C20H20F2N6O2/c1-12(24-19(29)20(3,21)22)11-30-16-5-6-17-14(8-16)9-23-28(17)15-4-7-18-25-13(2)26-27(18)10-15/h4-10,12H,11H2,1-3H3,(H,24,29)/t12-/m0/s1. The van der Waals surface area contributed by atoms with Crippen molar-refractivity contribution in [1.29, 1.82) is 0 Å². The van der Waals surface area contributed by atoms with E-state index < -0.39 is 17.9 Å². The predicted octanol–water partition coefficient (Wildman–Crippen LogP) is 2.92. The number of hydrogen-bond donors (Lipinski definition) is 1. The highest BCUT2D eigenvalue weighted by atomic mass is 19.3. The van der Waals surface area contributed by atoms with Crippen molar-refractivity contribution < 1.29 is 18.3 Å². The van der Waals surface area contributed by atoms with E-state index in [4.69, 9.17) is 4.74 Å². The smallest absolute Gasteiger partial charge is 0.321 e. The van der Waals surface area contributed by atoms with E-state index in [-0.39, 0.29) is 6.61 Å². The van der Waals surface area contributed by atoms with Gasteiger partial charge in [-0.1, -0.05) is 0 Å². The summed E-state index contributed by atoms with van der Waals surface area (Å²) in [6, 6.07) is 8.64. The molecule has 3 heterocycles. The predicted molar refractivity (Wildman–Crippen MR) is 106 cm³/mol. The Morgan fingerprint density at radius 2 is 2.10 bits per heavy atom. The summed E-state index contributed by atoms with van der Waals surface area (Å²) in [6.45, 7) is 4.05. The van der Waals surface area contributed by atoms with E-state index in [0.717, 1.165) is 22.2 Å². The van der Waals surface area contributed by atoms with Crippen LogP contribution in [0.2, 0.25) is 0 Å². The number of nitrogens with zero attached hydrogens (tertiary/aromatic N) is 5. The Bertz CT molecular complexity index is 1230. The fraction of sp³-hybridized carbons (Fsp3) is 0.300. The van der Waals surface area contributed by atoms with Crippen molar-refractivity contribution >= 4 is 22.5 Å². The van der Waals surface area contributed by atoms with Gasteiger partial charge >= 0.3 is 5.92 Å². The first kappa shape index (κ1) is 19.7. The van der Waals surface area contributed by atoms with Gasteiger partial charge in [0, 0.05) is 12.3 Å². The van der Waals surface area contributed by atoms with Gasteiger partial charge in [0.15, 0.2) is 5.65 Å². The van der Waals surface area contributed by atoms with Crippen LogP contribution in [0.3, 0.4) is 0 Å². The molecule has 0 aliphatic rings. The molecule has 0 spiro atoms. The van der Waals surface area contributed by atoms with Gasteiger partial charge in [0.1, 0.15) is 18.2 Å². The molecule has 1 N–H and O–H groups in total. The van der Waals surface area contributed by atoms with Gasteiger partial charge in [-0.3, -0.25) is 4.79 Å². The number of benzene rings is 1. The van der Waals surface area contributed by atoms with Crippen molar-refractivity contribution in [2.24, 2.45) is 0 Å². The first-order valence-corrected chi connectivity index (χ1v) is 9.33. The van der Waals surface area contributed by atoms with Gasteiger partial charge in [-0.05, 0) is 44.2 Å². The summed E-state index contributed by atoms with van der Waals surface area (Å²) in [5.41, 5.74) is 2.45. The molecule has 1 amide bonds. The molecule has 0 aliphatic heterocycles. The zero-order chi connectivity index (χ0) is 21.5. The van der Waals surface area contributed by atoms with Crippen LogP contribution in [0.5, 0.6) is 5.75 Å². The molecular weight excluding hydrogens is 394 g/mol. The second-order valence-electron chi connectivity index (χ2n) is 7.20. The topological polar surface area (TPSA) is 86.3 Å². The molecule has 0 saturated heterocycles. The quantitative estimate of drug-likeness (QED) is 0.524. The normalized spacial score (nSPS) is 13.0. The van der Waals surface area contributed by atoms with Gasteiger partial charge in [0.25, 0.3) is 5.91 Å². The zero-order valence-corrected chi connectivity index (χ0v) is 16.6. The lowest BCUT2D eigenvalue weighted by Gasteiger charge is -2.17. The molecule has 1 aromatic carbocycles. The largest absolute Gasteiger partial charge is 0.491 e. The van der Waals surface area contributed by atoms with Crippen LogP contribution in [0.15, 0.2) is 42.7 Å². The highest BCUT2D eigenvalue weighted by Gasteiger charge is 2.32. The summed E-state index contributed by atoms with van der Waals surface area (Å²) in [5, 5.41) is 11.8. The Balaban J connectivity index is 1.50. The van der Waals surface area contributed by atoms with Gasteiger partial charge in [-0.25, -0.2) is 14.2 Å². The van der Waals surface area contributed by atoms with Crippen LogP contribution < -0.4 is 10.1 Å². The van der Waals surface area contributed by atoms with Crippen molar-refractivity contribution in [3.8, 4) is 11.4 Å². The van der Waals surface area contributed by atoms with Gasteiger partial charge in [-0.15, -0.1) is 0 Å². The Labute approximate surface area is 170 Å². The summed E-state index contributed by atoms with van der Waals surface area (Å²) in [6.07, 6.45) is 3.56. The fourth-order valence-electron chi connectivity index (χ4n) is 3.03. The summed E-state index contributed by atoms with van der Waals surface area (Å²) in [7, 11) is 0. The number of nitrogens with one attached hydrogen (secondary N) is 1. The van der Waals surface area contributed by atoms with E-state index >= 15 is 0 Å². The number of aromatic nitrogens is 5. The van der Waals surface area contributed by atoms with Crippen LogP contribution in [-0.4, -0.2) is 48.9 Å². The van der Waals surface area contributed by atoms with Gasteiger partial charge < -0.3 is 10.1 Å². The number of carbonyl (C=O) groups is 1. The molecule has 1 atom stereocenters. The second-order valence-corrected chi connectivity index (χ2v) is 7.20. The second kappa shape index (κ2) is 7.36.